The van der Waals surface area contributed by atoms with E-state index in [0.29, 0.717) is 24.3 Å². The van der Waals surface area contributed by atoms with Crippen LogP contribution in [0.15, 0.2) is 0 Å². The van der Waals surface area contributed by atoms with E-state index in [1.54, 1.807) is 0 Å². The standard InChI is InChI=1S/C17H32N2O2/c1-13(2)18-9-6-16(7-10-18)19-8-4-5-15(12-19)14(3)11-17(20)21/h13-16H,4-12H2,1-3H3,(H,20,21). The molecule has 2 heterocycles. The molecule has 2 fully saturated rings. The highest BCUT2D eigenvalue weighted by molar-refractivity contribution is 5.67. The van der Waals surface area contributed by atoms with Crippen molar-refractivity contribution in [1.82, 2.24) is 9.80 Å². The first-order valence-electron chi connectivity index (χ1n) is 8.67. The number of piperidine rings is 2. The predicted molar refractivity (Wildman–Crippen MR) is 85.4 cm³/mol. The van der Waals surface area contributed by atoms with Crippen LogP contribution < -0.4 is 0 Å². The number of hydrogen-bond acceptors (Lipinski definition) is 3. The van der Waals surface area contributed by atoms with Crippen LogP contribution in [0.4, 0.5) is 0 Å². The summed E-state index contributed by atoms with van der Waals surface area (Å²) in [4.78, 5) is 16.1. The van der Waals surface area contributed by atoms with Gasteiger partial charge in [0.2, 0.25) is 0 Å². The van der Waals surface area contributed by atoms with E-state index >= 15 is 0 Å². The fraction of sp³-hybridized carbons (Fsp3) is 0.941. The van der Waals surface area contributed by atoms with E-state index in [0.717, 1.165) is 12.6 Å². The van der Waals surface area contributed by atoms with Gasteiger partial charge in [-0.25, -0.2) is 0 Å². The van der Waals surface area contributed by atoms with Crippen molar-refractivity contribution < 1.29 is 9.90 Å². The Hall–Kier alpha value is -0.610. The van der Waals surface area contributed by atoms with Crippen molar-refractivity contribution in [3.63, 3.8) is 0 Å². The van der Waals surface area contributed by atoms with Crippen LogP contribution in [0.25, 0.3) is 0 Å². The third-order valence-electron chi connectivity index (χ3n) is 5.54. The first kappa shape index (κ1) is 16.8. The smallest absolute Gasteiger partial charge is 0.303 e. The highest BCUT2D eigenvalue weighted by atomic mass is 16.4. The number of carboxylic acids is 1. The van der Waals surface area contributed by atoms with E-state index < -0.39 is 5.97 Å². The summed E-state index contributed by atoms with van der Waals surface area (Å²) in [6.07, 6.45) is 5.32. The Labute approximate surface area is 129 Å². The average Bonchev–Trinajstić information content (AvgIpc) is 2.47. The maximum atomic E-state index is 10.9. The molecular weight excluding hydrogens is 264 g/mol. The van der Waals surface area contributed by atoms with Crippen LogP contribution in [0.5, 0.6) is 0 Å². The Morgan fingerprint density at radius 1 is 1.14 bits per heavy atom. The van der Waals surface area contributed by atoms with Crippen LogP contribution in [-0.4, -0.2) is 59.1 Å². The molecule has 2 rings (SSSR count). The number of aliphatic carboxylic acids is 1. The molecule has 0 spiro atoms. The van der Waals surface area contributed by atoms with Gasteiger partial charge in [-0.15, -0.1) is 0 Å². The molecule has 122 valence electrons. The van der Waals surface area contributed by atoms with Crippen LogP contribution in [0, 0.1) is 11.8 Å². The Bertz CT molecular complexity index is 338. The second-order valence-corrected chi connectivity index (χ2v) is 7.33. The molecule has 4 nitrogen and oxygen atoms in total. The number of carbonyl (C=O) groups is 1. The molecule has 0 aromatic heterocycles. The number of carboxylic acid groups (broad SMARTS) is 1. The summed E-state index contributed by atoms with van der Waals surface area (Å²) in [5.41, 5.74) is 0. The molecule has 2 aliphatic rings. The largest absolute Gasteiger partial charge is 0.481 e. The molecule has 0 bridgehead atoms. The molecule has 2 saturated heterocycles. The minimum absolute atomic E-state index is 0.307. The second kappa shape index (κ2) is 7.59. The molecule has 0 aliphatic carbocycles. The summed E-state index contributed by atoms with van der Waals surface area (Å²) >= 11 is 0. The molecule has 2 aliphatic heterocycles. The molecule has 4 heteroatoms. The zero-order valence-corrected chi connectivity index (χ0v) is 13.9. The molecule has 0 aromatic carbocycles. The fourth-order valence-electron chi connectivity index (χ4n) is 4.05. The Kier molecular flexibility index (Phi) is 6.06. The van der Waals surface area contributed by atoms with Gasteiger partial charge < -0.3 is 14.9 Å². The first-order chi connectivity index (χ1) is 9.97. The molecule has 0 amide bonds. The fourth-order valence-corrected chi connectivity index (χ4v) is 4.05. The Balaban J connectivity index is 1.83. The topological polar surface area (TPSA) is 43.8 Å². The van der Waals surface area contributed by atoms with Crippen molar-refractivity contribution in [1.29, 1.82) is 0 Å². The van der Waals surface area contributed by atoms with Crippen molar-refractivity contribution in [2.24, 2.45) is 11.8 Å². The van der Waals surface area contributed by atoms with Crippen molar-refractivity contribution in [2.75, 3.05) is 26.2 Å². The van der Waals surface area contributed by atoms with Crippen LogP contribution in [0.3, 0.4) is 0 Å². The van der Waals surface area contributed by atoms with E-state index in [-0.39, 0.29) is 0 Å². The molecule has 0 saturated carbocycles. The second-order valence-electron chi connectivity index (χ2n) is 7.33. The van der Waals surface area contributed by atoms with Crippen LogP contribution >= 0.6 is 0 Å². The van der Waals surface area contributed by atoms with Gasteiger partial charge in [-0.05, 0) is 71.0 Å². The van der Waals surface area contributed by atoms with E-state index in [9.17, 15) is 4.79 Å². The average molecular weight is 296 g/mol. The summed E-state index contributed by atoms with van der Waals surface area (Å²) in [5, 5.41) is 8.99. The number of hydrogen-bond donors (Lipinski definition) is 1. The third-order valence-corrected chi connectivity index (χ3v) is 5.54. The Morgan fingerprint density at radius 2 is 1.81 bits per heavy atom. The zero-order valence-electron chi connectivity index (χ0n) is 13.9. The maximum Gasteiger partial charge on any atom is 0.303 e. The van der Waals surface area contributed by atoms with Crippen molar-refractivity contribution >= 4 is 5.97 Å². The molecule has 1 N–H and O–H groups in total. The first-order valence-corrected chi connectivity index (χ1v) is 8.67. The van der Waals surface area contributed by atoms with Gasteiger partial charge in [-0.3, -0.25) is 4.79 Å². The van der Waals surface area contributed by atoms with E-state index in [4.69, 9.17) is 5.11 Å². The lowest BCUT2D eigenvalue weighted by Crippen LogP contribution is -2.50. The molecule has 0 aromatic rings. The minimum Gasteiger partial charge on any atom is -0.481 e. The predicted octanol–water partition coefficient (Wildman–Crippen LogP) is 2.68. The number of likely N-dealkylation sites (tertiary alicyclic amines) is 2. The SMILES string of the molecule is CC(CC(=O)O)C1CCCN(C2CCN(C(C)C)CC2)C1. The summed E-state index contributed by atoms with van der Waals surface area (Å²) in [6, 6.07) is 1.38. The lowest BCUT2D eigenvalue weighted by Gasteiger charge is -2.44. The van der Waals surface area contributed by atoms with Crippen LogP contribution in [0.2, 0.25) is 0 Å². The van der Waals surface area contributed by atoms with E-state index in [2.05, 4.69) is 30.6 Å². The molecule has 0 radical (unpaired) electrons. The normalized spacial score (nSPS) is 27.9. The monoisotopic (exact) mass is 296 g/mol. The van der Waals surface area contributed by atoms with Crippen molar-refractivity contribution in [3.8, 4) is 0 Å². The number of nitrogens with zero attached hydrogens (tertiary/aromatic N) is 2. The molecule has 2 unspecified atom stereocenters. The zero-order chi connectivity index (χ0) is 15.4. The summed E-state index contributed by atoms with van der Waals surface area (Å²) < 4.78 is 0. The molecular formula is C17H32N2O2. The number of rotatable bonds is 5. The van der Waals surface area contributed by atoms with Crippen LogP contribution in [0.1, 0.15) is 52.9 Å². The van der Waals surface area contributed by atoms with Gasteiger partial charge in [-0.2, -0.15) is 0 Å². The highest BCUT2D eigenvalue weighted by Gasteiger charge is 2.31. The van der Waals surface area contributed by atoms with Gasteiger partial charge >= 0.3 is 5.97 Å². The molecule has 2 atom stereocenters. The van der Waals surface area contributed by atoms with Crippen molar-refractivity contribution in [3.05, 3.63) is 0 Å². The highest BCUT2D eigenvalue weighted by Crippen LogP contribution is 2.29. The van der Waals surface area contributed by atoms with Gasteiger partial charge in [0.25, 0.3) is 0 Å². The minimum atomic E-state index is -0.648. The van der Waals surface area contributed by atoms with Crippen molar-refractivity contribution in [2.45, 2.75) is 65.0 Å². The van der Waals surface area contributed by atoms with Gasteiger partial charge in [0, 0.05) is 25.0 Å². The molecule has 21 heavy (non-hydrogen) atoms. The van der Waals surface area contributed by atoms with E-state index in [1.165, 1.54) is 45.3 Å². The summed E-state index contributed by atoms with van der Waals surface area (Å²) in [5.74, 6) is 0.226. The maximum absolute atomic E-state index is 10.9. The van der Waals surface area contributed by atoms with Crippen LogP contribution in [-0.2, 0) is 4.79 Å². The Morgan fingerprint density at radius 3 is 2.38 bits per heavy atom. The third kappa shape index (κ3) is 4.68. The lowest BCUT2D eigenvalue weighted by molar-refractivity contribution is -0.138. The quantitative estimate of drug-likeness (QED) is 0.847. The van der Waals surface area contributed by atoms with Gasteiger partial charge in [0.05, 0.1) is 0 Å². The van der Waals surface area contributed by atoms with Gasteiger partial charge in [0.15, 0.2) is 0 Å². The van der Waals surface area contributed by atoms with Gasteiger partial charge in [0.1, 0.15) is 0 Å². The van der Waals surface area contributed by atoms with E-state index in [1.807, 2.05) is 0 Å². The lowest BCUT2D eigenvalue weighted by atomic mass is 9.83. The van der Waals surface area contributed by atoms with Gasteiger partial charge in [-0.1, -0.05) is 6.92 Å². The summed E-state index contributed by atoms with van der Waals surface area (Å²) in [6.45, 7) is 11.4. The summed E-state index contributed by atoms with van der Waals surface area (Å²) in [7, 11) is 0.